The molecule has 2 N–H and O–H groups in total. The molecule has 2 heterocycles. The highest BCUT2D eigenvalue weighted by atomic mass is 32.2. The van der Waals surface area contributed by atoms with Gasteiger partial charge in [-0.25, -0.2) is 4.79 Å². The average molecular weight is 537 g/mol. The van der Waals surface area contributed by atoms with Crippen LogP contribution in [-0.2, 0) is 26.2 Å². The summed E-state index contributed by atoms with van der Waals surface area (Å²) < 4.78 is 5.29. The number of carboxylic acids is 1. The van der Waals surface area contributed by atoms with Gasteiger partial charge in [-0.05, 0) is 68.7 Å². The molecule has 3 fully saturated rings. The van der Waals surface area contributed by atoms with Gasteiger partial charge >= 0.3 is 5.97 Å². The maximum atomic E-state index is 14.4. The van der Waals surface area contributed by atoms with Crippen molar-refractivity contribution in [1.82, 2.24) is 10.2 Å². The number of amides is 2. The molecule has 0 spiro atoms. The van der Waals surface area contributed by atoms with E-state index in [9.17, 15) is 19.5 Å². The number of aliphatic carboxylic acids is 1. The van der Waals surface area contributed by atoms with Gasteiger partial charge in [-0.2, -0.15) is 0 Å². The van der Waals surface area contributed by atoms with Gasteiger partial charge in [0.15, 0.2) is 0 Å². The van der Waals surface area contributed by atoms with E-state index in [0.717, 1.165) is 37.0 Å². The lowest BCUT2D eigenvalue weighted by Crippen LogP contribution is -2.72. The van der Waals surface area contributed by atoms with Gasteiger partial charge in [-0.3, -0.25) is 9.59 Å². The van der Waals surface area contributed by atoms with Crippen LogP contribution in [0.2, 0.25) is 0 Å². The fraction of sp³-hybridized carbons (Fsp3) is 0.500. The van der Waals surface area contributed by atoms with Crippen LogP contribution in [-0.4, -0.2) is 56.6 Å². The van der Waals surface area contributed by atoms with Crippen LogP contribution in [0.5, 0.6) is 5.75 Å². The zero-order valence-electron chi connectivity index (χ0n) is 22.2. The minimum absolute atomic E-state index is 0.0528. The SMILES string of the molecule is CCCOc1cccc([C@]2(C(=O)N[C@@H]3C(=O)N4[C@@H]3SC(C)(C)[C@H]4C(=O)O)CCC[C@@H]2Cc2ccccc2)c1. The first-order valence-electron chi connectivity index (χ1n) is 13.5. The molecule has 3 aliphatic rings. The Labute approximate surface area is 228 Å². The summed E-state index contributed by atoms with van der Waals surface area (Å²) in [5.74, 6) is -0.690. The quantitative estimate of drug-likeness (QED) is 0.462. The van der Waals surface area contributed by atoms with Gasteiger partial charge in [0.25, 0.3) is 0 Å². The van der Waals surface area contributed by atoms with Gasteiger partial charge in [0.1, 0.15) is 23.2 Å². The minimum atomic E-state index is -1.01. The predicted molar refractivity (Wildman–Crippen MR) is 147 cm³/mol. The first kappa shape index (κ1) is 26.6. The third kappa shape index (κ3) is 4.46. The van der Waals surface area contributed by atoms with Crippen LogP contribution in [0.1, 0.15) is 57.6 Å². The zero-order valence-corrected chi connectivity index (χ0v) is 23.0. The summed E-state index contributed by atoms with van der Waals surface area (Å²) in [7, 11) is 0. The molecule has 0 radical (unpaired) electrons. The van der Waals surface area contributed by atoms with Crippen molar-refractivity contribution in [2.24, 2.45) is 5.92 Å². The number of nitrogens with one attached hydrogen (secondary N) is 1. The van der Waals surface area contributed by atoms with E-state index in [4.69, 9.17) is 4.74 Å². The summed E-state index contributed by atoms with van der Waals surface area (Å²) in [6.45, 7) is 6.35. The Morgan fingerprint density at radius 3 is 2.63 bits per heavy atom. The van der Waals surface area contributed by atoms with Crippen molar-refractivity contribution >= 4 is 29.5 Å². The third-order valence-electron chi connectivity index (χ3n) is 8.33. The number of carboxylic acid groups (broad SMARTS) is 1. The van der Waals surface area contributed by atoms with E-state index >= 15 is 0 Å². The Morgan fingerprint density at radius 1 is 1.16 bits per heavy atom. The molecule has 7 nitrogen and oxygen atoms in total. The highest BCUT2D eigenvalue weighted by Crippen LogP contribution is 2.52. The molecule has 2 aliphatic heterocycles. The molecule has 5 atom stereocenters. The second kappa shape index (κ2) is 10.3. The first-order valence-corrected chi connectivity index (χ1v) is 14.4. The average Bonchev–Trinajstić information content (AvgIpc) is 3.43. The maximum absolute atomic E-state index is 14.4. The van der Waals surface area contributed by atoms with Crippen molar-refractivity contribution in [1.29, 1.82) is 0 Å². The Balaban J connectivity index is 1.47. The van der Waals surface area contributed by atoms with Crippen LogP contribution in [0.25, 0.3) is 0 Å². The Kier molecular flexibility index (Phi) is 7.20. The maximum Gasteiger partial charge on any atom is 0.327 e. The van der Waals surface area contributed by atoms with Gasteiger partial charge < -0.3 is 20.1 Å². The zero-order chi connectivity index (χ0) is 27.1. The number of rotatable bonds is 9. The first-order chi connectivity index (χ1) is 18.2. The van der Waals surface area contributed by atoms with Crippen LogP contribution < -0.4 is 10.1 Å². The highest BCUT2D eigenvalue weighted by molar-refractivity contribution is 8.01. The van der Waals surface area contributed by atoms with E-state index in [-0.39, 0.29) is 23.1 Å². The highest BCUT2D eigenvalue weighted by Gasteiger charge is 2.65. The van der Waals surface area contributed by atoms with Gasteiger partial charge in [0.05, 0.1) is 12.0 Å². The molecule has 1 saturated carbocycles. The molecule has 0 unspecified atom stereocenters. The molecule has 0 aromatic heterocycles. The summed E-state index contributed by atoms with van der Waals surface area (Å²) in [5.41, 5.74) is 1.28. The fourth-order valence-electron chi connectivity index (χ4n) is 6.56. The largest absolute Gasteiger partial charge is 0.494 e. The van der Waals surface area contributed by atoms with Gasteiger partial charge in [-0.15, -0.1) is 11.8 Å². The van der Waals surface area contributed by atoms with Crippen LogP contribution in [0.4, 0.5) is 0 Å². The smallest absolute Gasteiger partial charge is 0.327 e. The molecule has 2 aromatic carbocycles. The number of carbonyl (C=O) groups excluding carboxylic acids is 2. The van der Waals surface area contributed by atoms with E-state index in [1.807, 2.05) is 56.3 Å². The predicted octanol–water partition coefficient (Wildman–Crippen LogP) is 4.39. The van der Waals surface area contributed by atoms with Crippen LogP contribution in [0, 0.1) is 5.92 Å². The minimum Gasteiger partial charge on any atom is -0.494 e. The van der Waals surface area contributed by atoms with Crippen LogP contribution in [0.15, 0.2) is 54.6 Å². The topological polar surface area (TPSA) is 95.9 Å². The number of carbonyl (C=O) groups is 3. The molecule has 2 saturated heterocycles. The van der Waals surface area contributed by atoms with Crippen molar-refractivity contribution < 1.29 is 24.2 Å². The van der Waals surface area contributed by atoms with E-state index in [1.54, 1.807) is 0 Å². The van der Waals surface area contributed by atoms with Gasteiger partial charge in [0.2, 0.25) is 11.8 Å². The second-order valence-corrected chi connectivity index (χ2v) is 12.9. The van der Waals surface area contributed by atoms with Crippen LogP contribution >= 0.6 is 11.8 Å². The monoisotopic (exact) mass is 536 g/mol. The molecule has 38 heavy (non-hydrogen) atoms. The van der Waals surface area contributed by atoms with Gasteiger partial charge in [0, 0.05) is 4.75 Å². The van der Waals surface area contributed by atoms with Gasteiger partial charge in [-0.1, -0.05) is 55.8 Å². The lowest BCUT2D eigenvalue weighted by Gasteiger charge is -2.45. The number of nitrogens with zero attached hydrogens (tertiary/aromatic N) is 1. The lowest BCUT2D eigenvalue weighted by molar-refractivity contribution is -0.161. The molecule has 0 bridgehead atoms. The van der Waals surface area contributed by atoms with Crippen molar-refractivity contribution in [3.63, 3.8) is 0 Å². The Morgan fingerprint density at radius 2 is 1.92 bits per heavy atom. The summed E-state index contributed by atoms with van der Waals surface area (Å²) in [5, 5.41) is 12.5. The molecular formula is C30H36N2O5S. The van der Waals surface area contributed by atoms with Crippen LogP contribution in [0.3, 0.4) is 0 Å². The van der Waals surface area contributed by atoms with Crippen molar-refractivity contribution in [3.05, 3.63) is 65.7 Å². The number of hydrogen-bond acceptors (Lipinski definition) is 5. The van der Waals surface area contributed by atoms with Crippen molar-refractivity contribution in [3.8, 4) is 5.75 Å². The lowest BCUT2D eigenvalue weighted by atomic mass is 9.69. The van der Waals surface area contributed by atoms with E-state index in [1.165, 1.54) is 22.2 Å². The number of fused-ring (bicyclic) bond motifs is 1. The molecule has 1 aliphatic carbocycles. The molecular weight excluding hydrogens is 500 g/mol. The molecule has 2 aromatic rings. The number of hydrogen-bond donors (Lipinski definition) is 2. The normalized spacial score (nSPS) is 29.4. The standard InChI is InChI=1S/C30H36N2O5S/c1-4-16-37-22-14-8-12-21(18-22)30(15-9-13-20(30)17-19-10-6-5-7-11-19)28(36)31-23-25(33)32-24(27(34)35)29(2,3)38-26(23)32/h5-8,10-12,14,18,20,23-24,26H,4,9,13,15-17H2,1-3H3,(H,31,36)(H,34,35)/t20-,23-,24-,26-,30+/m1/s1. The van der Waals surface area contributed by atoms with Crippen molar-refractivity contribution in [2.75, 3.05) is 6.61 Å². The summed E-state index contributed by atoms with van der Waals surface area (Å²) in [4.78, 5) is 40.9. The van der Waals surface area contributed by atoms with E-state index < -0.39 is 28.2 Å². The molecule has 8 heteroatoms. The molecule has 2 amide bonds. The summed E-state index contributed by atoms with van der Waals surface area (Å²) >= 11 is 1.45. The fourth-order valence-corrected chi connectivity index (χ4v) is 8.19. The molecule has 5 rings (SSSR count). The third-order valence-corrected chi connectivity index (χ3v) is 9.91. The van der Waals surface area contributed by atoms with Crippen molar-refractivity contribution in [2.45, 2.75) is 80.5 Å². The van der Waals surface area contributed by atoms with E-state index in [2.05, 4.69) is 24.4 Å². The molecule has 202 valence electrons. The number of β-lactam (4-membered cyclic amide) rings is 1. The number of thioether (sulfide) groups is 1. The Hall–Kier alpha value is -3.00. The summed E-state index contributed by atoms with van der Waals surface area (Å²) in [6, 6.07) is 16.4. The second-order valence-electron chi connectivity index (χ2n) is 11.2. The number of benzene rings is 2. The summed E-state index contributed by atoms with van der Waals surface area (Å²) in [6.07, 6.45) is 4.13. The number of ether oxygens (including phenoxy) is 1. The van der Waals surface area contributed by atoms with E-state index in [0.29, 0.717) is 13.0 Å². The Bertz CT molecular complexity index is 1220.